The van der Waals surface area contributed by atoms with Gasteiger partial charge in [-0.25, -0.2) is 24.3 Å². The van der Waals surface area contributed by atoms with Gasteiger partial charge < -0.3 is 10.2 Å². The largest absolute Gasteiger partial charge is 0.465 e. The Morgan fingerprint density at radius 1 is 0.744 bits per heavy atom. The second-order valence-electron chi connectivity index (χ2n) is 10.4. The standard InChI is InChI=1S/C27H24N6O6/c34-24(20-3-1-13-30(20)26(36)37)32(16-5-6-17(32)8-7-16)22-15-23(29-28-22)33(18-9-10-19(33)12-11-18)25(35)21-4-2-14-31(21)27(38)39/h5-12,15,20-21H,1-4,13-14H2,(H-2,28,29,36,37,38,39)/p+2/t20-,21-/m0/s1. The highest BCUT2D eigenvalue weighted by atomic mass is 16.4. The van der Waals surface area contributed by atoms with Crippen LogP contribution in [0.2, 0.25) is 0 Å². The lowest BCUT2D eigenvalue weighted by atomic mass is 10.1. The molecule has 0 aromatic carbocycles. The number of carboxylic acid groups (broad SMARTS) is 2. The Morgan fingerprint density at radius 3 is 1.62 bits per heavy atom. The molecule has 39 heavy (non-hydrogen) atoms. The Labute approximate surface area is 222 Å². The summed E-state index contributed by atoms with van der Waals surface area (Å²) >= 11 is 0. The van der Waals surface area contributed by atoms with Crippen LogP contribution in [0.1, 0.15) is 25.7 Å². The summed E-state index contributed by atoms with van der Waals surface area (Å²) in [7, 11) is 0. The summed E-state index contributed by atoms with van der Waals surface area (Å²) in [5, 5.41) is 27.1. The molecule has 0 spiro atoms. The molecular formula is C27H26N6O6+2. The van der Waals surface area contributed by atoms with Crippen LogP contribution in [0.15, 0.2) is 77.5 Å². The number of nitrogens with one attached hydrogen (secondary N) is 1. The minimum absolute atomic E-state index is 0.285. The summed E-state index contributed by atoms with van der Waals surface area (Å²) in [5.74, 6) is 0.0921. The number of hydrogen-bond acceptors (Lipinski definition) is 5. The molecule has 0 unspecified atom stereocenters. The zero-order chi connectivity index (χ0) is 27.1. The van der Waals surface area contributed by atoms with Crippen molar-refractivity contribution < 1.29 is 29.4 Å². The number of rotatable bonds is 4. The van der Waals surface area contributed by atoms with Crippen LogP contribution in [0.4, 0.5) is 21.2 Å². The van der Waals surface area contributed by atoms with Crippen molar-refractivity contribution in [3.63, 3.8) is 0 Å². The molecule has 2 fully saturated rings. The average Bonchev–Trinajstić information content (AvgIpc) is 3.78. The number of aromatic amines is 1. The maximum atomic E-state index is 14.3. The summed E-state index contributed by atoms with van der Waals surface area (Å²) in [6.45, 7) is 0.572. The number of quaternary nitrogens is 2. The summed E-state index contributed by atoms with van der Waals surface area (Å²) in [4.78, 5) is 54.8. The molecule has 1 aromatic rings. The van der Waals surface area contributed by atoms with Gasteiger partial charge in [0, 0.05) is 61.7 Å². The quantitative estimate of drug-likeness (QED) is 0.508. The number of amides is 4. The molecule has 4 amide bonds. The van der Waals surface area contributed by atoms with Crippen LogP contribution < -0.4 is 8.97 Å². The van der Waals surface area contributed by atoms with E-state index in [1.807, 2.05) is 48.6 Å². The fourth-order valence-electron chi connectivity index (χ4n) is 6.98. The molecule has 6 aliphatic heterocycles. The fraction of sp³-hybridized carbons (Fsp3) is 0.296. The highest BCUT2D eigenvalue weighted by molar-refractivity contribution is 6.04. The van der Waals surface area contributed by atoms with Gasteiger partial charge in [-0.1, -0.05) is 0 Å². The van der Waals surface area contributed by atoms with Crippen molar-refractivity contribution in [2.24, 2.45) is 0 Å². The molecule has 2 atom stereocenters. The van der Waals surface area contributed by atoms with Gasteiger partial charge in [0.2, 0.25) is 5.82 Å². The molecule has 6 aliphatic rings. The van der Waals surface area contributed by atoms with E-state index in [0.717, 1.165) is 0 Å². The van der Waals surface area contributed by atoms with Crippen LogP contribution in [0.3, 0.4) is 0 Å². The number of allylic oxidation sites excluding steroid dienone is 8. The number of H-pyrrole nitrogens is 1. The van der Waals surface area contributed by atoms with Gasteiger partial charge in [0.1, 0.15) is 6.07 Å². The average molecular weight is 531 g/mol. The maximum absolute atomic E-state index is 14.3. The van der Waals surface area contributed by atoms with Gasteiger partial charge in [0.25, 0.3) is 5.82 Å². The highest BCUT2D eigenvalue weighted by Crippen LogP contribution is 2.50. The molecule has 0 radical (unpaired) electrons. The number of nitrogens with zero attached hydrogens (tertiary/aromatic N) is 5. The lowest BCUT2D eigenvalue weighted by Crippen LogP contribution is -2.57. The van der Waals surface area contributed by atoms with E-state index in [2.05, 4.69) is 10.2 Å². The van der Waals surface area contributed by atoms with Crippen molar-refractivity contribution in [3.8, 4) is 0 Å². The zero-order valence-corrected chi connectivity index (χ0v) is 20.9. The van der Waals surface area contributed by atoms with Crippen LogP contribution in [-0.4, -0.2) is 79.4 Å². The van der Waals surface area contributed by atoms with Crippen molar-refractivity contribution in [1.29, 1.82) is 0 Å². The van der Waals surface area contributed by atoms with E-state index < -0.39 is 24.3 Å². The second-order valence-corrected chi connectivity index (χ2v) is 10.4. The molecule has 2 saturated heterocycles. The molecule has 4 bridgehead atoms. The Kier molecular flexibility index (Phi) is 4.82. The van der Waals surface area contributed by atoms with Crippen LogP contribution in [0, 0.1) is 0 Å². The summed E-state index contributed by atoms with van der Waals surface area (Å²) < 4.78 is -0.707. The first kappa shape index (κ1) is 23.6. The third-order valence-corrected chi connectivity index (χ3v) is 8.73. The van der Waals surface area contributed by atoms with E-state index in [-0.39, 0.29) is 33.9 Å². The Bertz CT molecular complexity index is 1400. The van der Waals surface area contributed by atoms with Crippen LogP contribution in [0.25, 0.3) is 0 Å². The summed E-state index contributed by atoms with van der Waals surface area (Å²) in [6, 6.07) is 0.0204. The predicted octanol–water partition coefficient (Wildman–Crippen LogP) is 3.06. The molecule has 0 aliphatic carbocycles. The van der Waals surface area contributed by atoms with Gasteiger partial charge in [0.15, 0.2) is 34.9 Å². The molecule has 0 saturated carbocycles. The fourth-order valence-corrected chi connectivity index (χ4v) is 6.98. The Hall–Kier alpha value is -4.55. The van der Waals surface area contributed by atoms with Crippen LogP contribution in [-0.2, 0) is 9.59 Å². The van der Waals surface area contributed by atoms with Crippen molar-refractivity contribution in [1.82, 2.24) is 29.0 Å². The summed E-state index contributed by atoms with van der Waals surface area (Å²) in [5.41, 5.74) is 2.62. The maximum Gasteiger partial charge on any atom is 0.408 e. The number of carbonyl (C=O) groups is 4. The van der Waals surface area contributed by atoms with E-state index in [4.69, 9.17) is 0 Å². The van der Waals surface area contributed by atoms with E-state index in [0.29, 0.717) is 60.1 Å². The molecule has 12 heteroatoms. The molecule has 7 rings (SSSR count). The zero-order valence-electron chi connectivity index (χ0n) is 20.9. The molecule has 198 valence electrons. The molecule has 7 heterocycles. The van der Waals surface area contributed by atoms with Crippen LogP contribution in [0.5, 0.6) is 0 Å². The topological polar surface area (TPSA) is 144 Å². The predicted molar refractivity (Wildman–Crippen MR) is 138 cm³/mol. The van der Waals surface area contributed by atoms with Gasteiger partial charge in [-0.2, -0.15) is 0 Å². The normalized spacial score (nSPS) is 26.7. The molecule has 3 N–H and O–H groups in total. The third-order valence-electron chi connectivity index (χ3n) is 8.73. The summed E-state index contributed by atoms with van der Waals surface area (Å²) in [6.07, 6.45) is 14.4. The molecule has 12 nitrogen and oxygen atoms in total. The smallest absolute Gasteiger partial charge is 0.408 e. The number of likely N-dealkylation sites (tertiary alicyclic amines) is 2. The third kappa shape index (κ3) is 2.81. The van der Waals surface area contributed by atoms with E-state index in [1.165, 1.54) is 9.80 Å². The first-order valence-corrected chi connectivity index (χ1v) is 13.0. The second kappa shape index (κ2) is 7.98. The first-order chi connectivity index (χ1) is 18.8. The van der Waals surface area contributed by atoms with Crippen molar-refractivity contribution in [3.05, 3.63) is 77.5 Å². The van der Waals surface area contributed by atoms with Gasteiger partial charge >= 0.3 is 24.0 Å². The van der Waals surface area contributed by atoms with Crippen molar-refractivity contribution in [2.45, 2.75) is 37.8 Å². The number of carbonyl (C=O) groups excluding carboxylic acids is 2. The van der Waals surface area contributed by atoms with Gasteiger partial charge in [-0.15, -0.1) is 14.1 Å². The number of hydrogen-bond donors (Lipinski definition) is 3. The van der Waals surface area contributed by atoms with Gasteiger partial charge in [0.05, 0.1) is 0 Å². The Morgan fingerprint density at radius 2 is 1.18 bits per heavy atom. The van der Waals surface area contributed by atoms with Crippen molar-refractivity contribution >= 4 is 35.6 Å². The first-order valence-electron chi connectivity index (χ1n) is 13.0. The number of fused-ring (bicyclic) bond motifs is 4. The lowest BCUT2D eigenvalue weighted by Gasteiger charge is -2.33. The van der Waals surface area contributed by atoms with E-state index in [1.54, 1.807) is 6.07 Å². The Balaban J connectivity index is 1.34. The minimum Gasteiger partial charge on any atom is -0.465 e. The van der Waals surface area contributed by atoms with Crippen LogP contribution >= 0.6 is 0 Å². The highest BCUT2D eigenvalue weighted by Gasteiger charge is 2.61. The van der Waals surface area contributed by atoms with Gasteiger partial charge in [-0.3, -0.25) is 9.80 Å². The lowest BCUT2D eigenvalue weighted by molar-refractivity contribution is -0.131. The van der Waals surface area contributed by atoms with Crippen molar-refractivity contribution in [2.75, 3.05) is 13.1 Å². The monoisotopic (exact) mass is 530 g/mol. The number of aromatic nitrogens is 2. The van der Waals surface area contributed by atoms with E-state index >= 15 is 0 Å². The van der Waals surface area contributed by atoms with Gasteiger partial charge in [-0.05, 0) is 25.7 Å². The molecular weight excluding hydrogens is 504 g/mol. The SMILES string of the molecule is O=C(O)N1CCC[C@H]1C(=O)[N+]1(c2cc([N+]3(C(=O)[C@@H]4CCCN4C(=O)O)C4=CC=C3C=C4)[nH]n2)C2=CC=C1C=C2. The molecule has 1 aromatic heterocycles. The van der Waals surface area contributed by atoms with E-state index in [9.17, 15) is 29.4 Å². The minimum atomic E-state index is -1.14.